The number of nitrogens with one attached hydrogen (secondary N) is 1. The average molecular weight is 272 g/mol. The first-order chi connectivity index (χ1) is 8.56. The predicted molar refractivity (Wildman–Crippen MR) is 76.4 cm³/mol. The minimum Gasteiger partial charge on any atom is -0.382 e. The Morgan fingerprint density at radius 2 is 2.22 bits per heavy atom. The summed E-state index contributed by atoms with van der Waals surface area (Å²) in [4.78, 5) is 11.8. The van der Waals surface area contributed by atoms with Gasteiger partial charge in [-0.3, -0.25) is 4.79 Å². The third kappa shape index (κ3) is 4.33. The lowest BCUT2D eigenvalue weighted by molar-refractivity contribution is 0.563. The van der Waals surface area contributed by atoms with Crippen LogP contribution in [0.25, 0.3) is 0 Å². The number of aryl methyl sites for hydroxylation is 1. The third-order valence-corrected chi connectivity index (χ3v) is 3.06. The zero-order valence-corrected chi connectivity index (χ0v) is 12.1. The van der Waals surface area contributed by atoms with Gasteiger partial charge >= 0.3 is 0 Å². The second-order valence-electron chi connectivity index (χ2n) is 4.86. The molecule has 0 unspecified atom stereocenters. The molecule has 0 aliphatic rings. The fraction of sp³-hybridized carbons (Fsp3) is 0.692. The maximum atomic E-state index is 11.8. The number of rotatable bonds is 7. The molecular formula is C13H22ClN3O. The Balaban J connectivity index is 2.62. The van der Waals surface area contributed by atoms with Gasteiger partial charge in [-0.05, 0) is 25.2 Å². The van der Waals surface area contributed by atoms with Gasteiger partial charge in [-0.25, -0.2) is 4.68 Å². The molecule has 0 radical (unpaired) electrons. The fourth-order valence-corrected chi connectivity index (χ4v) is 1.91. The molecule has 0 atom stereocenters. The smallest absolute Gasteiger partial charge is 0.287 e. The van der Waals surface area contributed by atoms with Crippen LogP contribution in [0.15, 0.2) is 11.0 Å². The lowest BCUT2D eigenvalue weighted by Gasteiger charge is -2.10. The van der Waals surface area contributed by atoms with Crippen molar-refractivity contribution in [1.82, 2.24) is 9.78 Å². The summed E-state index contributed by atoms with van der Waals surface area (Å²) in [5.74, 6) is 0.693. The molecule has 0 saturated carbocycles. The largest absolute Gasteiger partial charge is 0.382 e. The second kappa shape index (κ2) is 7.41. The van der Waals surface area contributed by atoms with Crippen LogP contribution in [0.3, 0.4) is 0 Å². The number of hydrogen-bond donors (Lipinski definition) is 1. The van der Waals surface area contributed by atoms with Crippen LogP contribution >= 0.6 is 11.6 Å². The predicted octanol–water partition coefficient (Wildman–Crippen LogP) is 3.15. The summed E-state index contributed by atoms with van der Waals surface area (Å²) < 4.78 is 1.40. The molecule has 1 heterocycles. The summed E-state index contributed by atoms with van der Waals surface area (Å²) in [6, 6.07) is 0. The number of anilines is 1. The van der Waals surface area contributed by atoms with Crippen molar-refractivity contribution in [2.24, 2.45) is 5.92 Å². The topological polar surface area (TPSA) is 46.9 Å². The Labute approximate surface area is 113 Å². The quantitative estimate of drug-likeness (QED) is 0.775. The Hall–Kier alpha value is -1.03. The highest BCUT2D eigenvalue weighted by atomic mass is 35.5. The van der Waals surface area contributed by atoms with E-state index in [1.165, 1.54) is 4.68 Å². The molecule has 5 heteroatoms. The zero-order chi connectivity index (χ0) is 13.5. The van der Waals surface area contributed by atoms with Gasteiger partial charge in [0, 0.05) is 13.1 Å². The molecule has 1 aromatic heterocycles. The van der Waals surface area contributed by atoms with Gasteiger partial charge in [0.15, 0.2) is 0 Å². The number of halogens is 1. The van der Waals surface area contributed by atoms with Crippen molar-refractivity contribution in [3.8, 4) is 0 Å². The zero-order valence-electron chi connectivity index (χ0n) is 11.4. The van der Waals surface area contributed by atoms with Gasteiger partial charge in [0.1, 0.15) is 5.02 Å². The summed E-state index contributed by atoms with van der Waals surface area (Å²) in [5.41, 5.74) is 0.421. The van der Waals surface area contributed by atoms with Crippen LogP contribution in [0.4, 0.5) is 5.69 Å². The monoisotopic (exact) mass is 271 g/mol. The van der Waals surface area contributed by atoms with Crippen molar-refractivity contribution in [2.45, 2.75) is 46.6 Å². The highest BCUT2D eigenvalue weighted by molar-refractivity contribution is 6.32. The number of nitrogens with zero attached hydrogens (tertiary/aromatic N) is 2. The summed E-state index contributed by atoms with van der Waals surface area (Å²) in [6.45, 7) is 7.81. The summed E-state index contributed by atoms with van der Waals surface area (Å²) >= 11 is 6.04. The van der Waals surface area contributed by atoms with E-state index in [0.29, 0.717) is 18.2 Å². The third-order valence-electron chi connectivity index (χ3n) is 2.69. The molecule has 1 rings (SSSR count). The van der Waals surface area contributed by atoms with E-state index in [0.717, 1.165) is 25.8 Å². The molecule has 0 amide bonds. The van der Waals surface area contributed by atoms with Gasteiger partial charge < -0.3 is 5.32 Å². The Kier molecular flexibility index (Phi) is 6.19. The average Bonchev–Trinajstić information content (AvgIpc) is 2.33. The SMILES string of the molecule is CCCn1ncc(NCCCC(C)C)c(Cl)c1=O. The lowest BCUT2D eigenvalue weighted by Crippen LogP contribution is -2.24. The van der Waals surface area contributed by atoms with E-state index in [1.807, 2.05) is 6.92 Å². The first kappa shape index (κ1) is 15.0. The highest BCUT2D eigenvalue weighted by Crippen LogP contribution is 2.15. The summed E-state index contributed by atoms with van der Waals surface area (Å²) in [6.07, 6.45) is 4.72. The maximum absolute atomic E-state index is 11.8. The van der Waals surface area contributed by atoms with Crippen LogP contribution in [0.1, 0.15) is 40.0 Å². The van der Waals surface area contributed by atoms with Gasteiger partial charge in [0.25, 0.3) is 5.56 Å². The van der Waals surface area contributed by atoms with Crippen molar-refractivity contribution in [3.63, 3.8) is 0 Å². The van der Waals surface area contributed by atoms with E-state index in [9.17, 15) is 4.79 Å². The van der Waals surface area contributed by atoms with Crippen LogP contribution in [-0.4, -0.2) is 16.3 Å². The number of hydrogen-bond acceptors (Lipinski definition) is 3. The molecule has 0 spiro atoms. The molecule has 0 bridgehead atoms. The minimum absolute atomic E-state index is 0.215. The van der Waals surface area contributed by atoms with Crippen molar-refractivity contribution in [2.75, 3.05) is 11.9 Å². The standard InChI is InChI=1S/C13H22ClN3O/c1-4-8-17-13(18)12(14)11(9-16-17)15-7-5-6-10(2)3/h9-10,15H,4-8H2,1-3H3. The molecule has 0 aliphatic carbocycles. The lowest BCUT2D eigenvalue weighted by atomic mass is 10.1. The van der Waals surface area contributed by atoms with Crippen LogP contribution in [-0.2, 0) is 6.54 Å². The van der Waals surface area contributed by atoms with Crippen LogP contribution in [0.5, 0.6) is 0 Å². The van der Waals surface area contributed by atoms with Gasteiger partial charge in [-0.15, -0.1) is 0 Å². The number of aromatic nitrogens is 2. The molecule has 18 heavy (non-hydrogen) atoms. The summed E-state index contributed by atoms with van der Waals surface area (Å²) in [7, 11) is 0. The fourth-order valence-electron chi connectivity index (χ4n) is 1.69. The first-order valence-corrected chi connectivity index (χ1v) is 6.93. The van der Waals surface area contributed by atoms with Gasteiger partial charge in [0.2, 0.25) is 0 Å². The molecule has 0 aliphatic heterocycles. The van der Waals surface area contributed by atoms with Crippen molar-refractivity contribution >= 4 is 17.3 Å². The molecule has 1 N–H and O–H groups in total. The van der Waals surface area contributed by atoms with Gasteiger partial charge in [0.05, 0.1) is 11.9 Å². The van der Waals surface area contributed by atoms with E-state index in [4.69, 9.17) is 11.6 Å². The van der Waals surface area contributed by atoms with Crippen molar-refractivity contribution in [3.05, 3.63) is 21.6 Å². The molecular weight excluding hydrogens is 250 g/mol. The molecule has 0 saturated heterocycles. The Morgan fingerprint density at radius 1 is 1.50 bits per heavy atom. The van der Waals surface area contributed by atoms with Crippen LogP contribution in [0.2, 0.25) is 5.02 Å². The van der Waals surface area contributed by atoms with Crippen molar-refractivity contribution < 1.29 is 0 Å². The van der Waals surface area contributed by atoms with Gasteiger partial charge in [-0.2, -0.15) is 5.10 Å². The molecule has 1 aromatic rings. The normalized spacial score (nSPS) is 10.9. The molecule has 0 aromatic carbocycles. The maximum Gasteiger partial charge on any atom is 0.287 e. The van der Waals surface area contributed by atoms with Gasteiger partial charge in [-0.1, -0.05) is 32.4 Å². The van der Waals surface area contributed by atoms with Crippen LogP contribution < -0.4 is 10.9 Å². The van der Waals surface area contributed by atoms with E-state index >= 15 is 0 Å². The summed E-state index contributed by atoms with van der Waals surface area (Å²) in [5, 5.41) is 7.51. The highest BCUT2D eigenvalue weighted by Gasteiger charge is 2.08. The van der Waals surface area contributed by atoms with E-state index in [2.05, 4.69) is 24.3 Å². The van der Waals surface area contributed by atoms with Crippen LogP contribution in [0, 0.1) is 5.92 Å². The second-order valence-corrected chi connectivity index (χ2v) is 5.24. The van der Waals surface area contributed by atoms with E-state index < -0.39 is 0 Å². The molecule has 0 fully saturated rings. The van der Waals surface area contributed by atoms with E-state index in [-0.39, 0.29) is 10.6 Å². The Morgan fingerprint density at radius 3 is 2.83 bits per heavy atom. The van der Waals surface area contributed by atoms with Crippen molar-refractivity contribution in [1.29, 1.82) is 0 Å². The first-order valence-electron chi connectivity index (χ1n) is 6.55. The van der Waals surface area contributed by atoms with E-state index in [1.54, 1.807) is 6.20 Å². The minimum atomic E-state index is -0.215. The molecule has 102 valence electrons. The Bertz CT molecular complexity index is 429. The molecule has 4 nitrogen and oxygen atoms in total.